The van der Waals surface area contributed by atoms with Gasteiger partial charge in [-0.3, -0.25) is 0 Å². The minimum Gasteiger partial charge on any atom is -0.143 e. The highest BCUT2D eigenvalue weighted by atomic mass is 32.1. The van der Waals surface area contributed by atoms with Crippen LogP contribution < -0.4 is 0 Å². The van der Waals surface area contributed by atoms with E-state index in [4.69, 9.17) is 0 Å². The maximum absolute atomic E-state index is 2.46. The fraction of sp³-hybridized carbons (Fsp3) is 0.200. The molecular weight excluding hydrogens is 304 g/mol. The fourth-order valence-electron chi connectivity index (χ4n) is 3.15. The predicted octanol–water partition coefficient (Wildman–Crippen LogP) is 6.83. The zero-order valence-corrected chi connectivity index (χ0v) is 14.0. The molecule has 1 atom stereocenters. The standard InChI is InChI=1S/C20H18S2/c1-2-5-15(6-3-1)16-8-10-17(11-9-16)18-12-13-20(22-18)19-7-4-14-21-19/h1-7,10,12-14,16H,8-9,11H2. The topological polar surface area (TPSA) is 0 Å². The lowest BCUT2D eigenvalue weighted by molar-refractivity contribution is 0.626. The Morgan fingerprint density at radius 1 is 0.818 bits per heavy atom. The molecule has 2 aromatic heterocycles. The molecule has 0 amide bonds. The van der Waals surface area contributed by atoms with Gasteiger partial charge in [-0.2, -0.15) is 0 Å². The van der Waals surface area contributed by atoms with Crippen LogP contribution in [0.5, 0.6) is 0 Å². The minimum atomic E-state index is 0.696. The molecule has 0 N–H and O–H groups in total. The number of hydrogen-bond donors (Lipinski definition) is 0. The van der Waals surface area contributed by atoms with Crippen molar-refractivity contribution in [1.29, 1.82) is 0 Å². The van der Waals surface area contributed by atoms with Gasteiger partial charge >= 0.3 is 0 Å². The van der Waals surface area contributed by atoms with Gasteiger partial charge in [-0.1, -0.05) is 42.5 Å². The van der Waals surface area contributed by atoms with Crippen LogP contribution in [-0.4, -0.2) is 0 Å². The molecule has 0 fully saturated rings. The molecule has 1 aromatic carbocycles. The highest BCUT2D eigenvalue weighted by molar-refractivity contribution is 7.21. The summed E-state index contributed by atoms with van der Waals surface area (Å²) in [5, 5.41) is 2.15. The van der Waals surface area contributed by atoms with E-state index in [2.05, 4.69) is 66.1 Å². The first-order valence-electron chi connectivity index (χ1n) is 7.78. The molecule has 0 bridgehead atoms. The Labute approximate surface area is 139 Å². The van der Waals surface area contributed by atoms with Crippen molar-refractivity contribution in [3.05, 3.63) is 76.5 Å². The van der Waals surface area contributed by atoms with Crippen molar-refractivity contribution in [2.75, 3.05) is 0 Å². The van der Waals surface area contributed by atoms with Crippen LogP contribution in [0.15, 0.2) is 66.1 Å². The molecule has 3 aromatic rings. The van der Waals surface area contributed by atoms with Gasteiger partial charge in [-0.25, -0.2) is 0 Å². The summed E-state index contributed by atoms with van der Waals surface area (Å²) in [6, 6.07) is 19.9. The van der Waals surface area contributed by atoms with Crippen LogP contribution >= 0.6 is 22.7 Å². The van der Waals surface area contributed by atoms with E-state index >= 15 is 0 Å². The first-order valence-corrected chi connectivity index (χ1v) is 9.48. The van der Waals surface area contributed by atoms with Gasteiger partial charge in [0.05, 0.1) is 0 Å². The third-order valence-corrected chi connectivity index (χ3v) is 6.59. The van der Waals surface area contributed by atoms with Crippen LogP contribution in [0.4, 0.5) is 0 Å². The zero-order chi connectivity index (χ0) is 14.8. The third-order valence-electron chi connectivity index (χ3n) is 4.37. The summed E-state index contributed by atoms with van der Waals surface area (Å²) in [6.07, 6.45) is 6.10. The van der Waals surface area contributed by atoms with Crippen LogP contribution in [0, 0.1) is 0 Å². The summed E-state index contributed by atoms with van der Waals surface area (Å²) in [5.74, 6) is 0.696. The molecule has 1 aliphatic rings. The van der Waals surface area contributed by atoms with Gasteiger partial charge in [-0.15, -0.1) is 22.7 Å². The molecule has 0 aliphatic heterocycles. The Morgan fingerprint density at radius 2 is 1.68 bits per heavy atom. The molecule has 1 aliphatic carbocycles. The summed E-state index contributed by atoms with van der Waals surface area (Å²) in [7, 11) is 0. The first kappa shape index (κ1) is 14.0. The molecule has 2 heterocycles. The lowest BCUT2D eigenvalue weighted by Gasteiger charge is -2.21. The number of thiophene rings is 2. The Kier molecular flexibility index (Phi) is 3.96. The van der Waals surface area contributed by atoms with Crippen molar-refractivity contribution in [1.82, 2.24) is 0 Å². The number of benzene rings is 1. The number of rotatable bonds is 3. The molecule has 2 heteroatoms. The summed E-state index contributed by atoms with van der Waals surface area (Å²) >= 11 is 3.76. The molecule has 1 unspecified atom stereocenters. The molecule has 110 valence electrons. The molecule has 0 saturated carbocycles. The average molecular weight is 322 g/mol. The van der Waals surface area contributed by atoms with E-state index in [1.54, 1.807) is 5.57 Å². The minimum absolute atomic E-state index is 0.696. The van der Waals surface area contributed by atoms with E-state index < -0.39 is 0 Å². The molecule has 0 radical (unpaired) electrons. The van der Waals surface area contributed by atoms with Gasteiger partial charge < -0.3 is 0 Å². The summed E-state index contributed by atoms with van der Waals surface area (Å²) in [4.78, 5) is 4.24. The lowest BCUT2D eigenvalue weighted by atomic mass is 9.84. The highest BCUT2D eigenvalue weighted by Gasteiger charge is 2.18. The van der Waals surface area contributed by atoms with Gasteiger partial charge in [0.1, 0.15) is 0 Å². The molecule has 0 saturated heterocycles. The van der Waals surface area contributed by atoms with Crippen molar-refractivity contribution in [3.63, 3.8) is 0 Å². The Hall–Kier alpha value is -1.64. The molecule has 0 nitrogen and oxygen atoms in total. The van der Waals surface area contributed by atoms with Crippen LogP contribution in [0.1, 0.15) is 35.6 Å². The van der Waals surface area contributed by atoms with Crippen molar-refractivity contribution in [2.24, 2.45) is 0 Å². The second-order valence-corrected chi connectivity index (χ2v) is 7.78. The summed E-state index contributed by atoms with van der Waals surface area (Å²) < 4.78 is 0. The SMILES string of the molecule is C1=C(c2ccc(-c3cccs3)s2)CCC(c2ccccc2)C1. The van der Waals surface area contributed by atoms with Crippen molar-refractivity contribution < 1.29 is 0 Å². The zero-order valence-electron chi connectivity index (χ0n) is 12.4. The summed E-state index contributed by atoms with van der Waals surface area (Å²) in [5.41, 5.74) is 3.03. The molecular formula is C20H18S2. The quantitative estimate of drug-likeness (QED) is 0.496. The maximum Gasteiger partial charge on any atom is 0.0449 e. The Bertz CT molecular complexity index is 763. The van der Waals surface area contributed by atoms with Crippen molar-refractivity contribution >= 4 is 28.2 Å². The van der Waals surface area contributed by atoms with E-state index in [9.17, 15) is 0 Å². The normalized spacial score (nSPS) is 18.2. The number of hydrogen-bond acceptors (Lipinski definition) is 2. The highest BCUT2D eigenvalue weighted by Crippen LogP contribution is 2.40. The number of allylic oxidation sites excluding steroid dienone is 2. The third kappa shape index (κ3) is 2.81. The van der Waals surface area contributed by atoms with Gasteiger partial charge in [-0.05, 0) is 59.9 Å². The summed E-state index contributed by atoms with van der Waals surface area (Å²) in [6.45, 7) is 0. The van der Waals surface area contributed by atoms with Crippen LogP contribution in [-0.2, 0) is 0 Å². The van der Waals surface area contributed by atoms with Gasteiger partial charge in [0.25, 0.3) is 0 Å². The van der Waals surface area contributed by atoms with E-state index in [-0.39, 0.29) is 0 Å². The van der Waals surface area contributed by atoms with Crippen LogP contribution in [0.2, 0.25) is 0 Å². The lowest BCUT2D eigenvalue weighted by Crippen LogP contribution is -2.03. The molecule has 4 rings (SSSR count). The second-order valence-electron chi connectivity index (χ2n) is 5.75. The first-order chi connectivity index (χ1) is 10.9. The molecule has 22 heavy (non-hydrogen) atoms. The van der Waals surface area contributed by atoms with E-state index in [0.717, 1.165) is 0 Å². The van der Waals surface area contributed by atoms with Crippen LogP contribution in [0.25, 0.3) is 15.3 Å². The second kappa shape index (κ2) is 6.23. The average Bonchev–Trinajstić information content (AvgIpc) is 3.27. The Morgan fingerprint density at radius 3 is 2.41 bits per heavy atom. The van der Waals surface area contributed by atoms with Gasteiger partial charge in [0.15, 0.2) is 0 Å². The fourth-order valence-corrected chi connectivity index (χ4v) is 5.06. The predicted molar refractivity (Wildman–Crippen MR) is 98.6 cm³/mol. The van der Waals surface area contributed by atoms with Crippen LogP contribution in [0.3, 0.4) is 0 Å². The van der Waals surface area contributed by atoms with Crippen molar-refractivity contribution in [2.45, 2.75) is 25.2 Å². The van der Waals surface area contributed by atoms with E-state index in [1.165, 1.54) is 39.5 Å². The van der Waals surface area contributed by atoms with E-state index in [1.807, 2.05) is 22.7 Å². The van der Waals surface area contributed by atoms with Gasteiger partial charge in [0, 0.05) is 14.6 Å². The Balaban J connectivity index is 1.52. The van der Waals surface area contributed by atoms with Gasteiger partial charge in [0.2, 0.25) is 0 Å². The largest absolute Gasteiger partial charge is 0.143 e. The van der Waals surface area contributed by atoms with Crippen molar-refractivity contribution in [3.8, 4) is 9.75 Å². The smallest absolute Gasteiger partial charge is 0.0449 e. The maximum atomic E-state index is 2.46. The molecule has 0 spiro atoms. The monoisotopic (exact) mass is 322 g/mol. The van der Waals surface area contributed by atoms with E-state index in [0.29, 0.717) is 5.92 Å².